The first-order valence-electron chi connectivity index (χ1n) is 7.76. The van der Waals surface area contributed by atoms with Crippen molar-refractivity contribution in [1.82, 2.24) is 5.32 Å². The first-order valence-corrected chi connectivity index (χ1v) is 7.76. The molecule has 2 atom stereocenters. The van der Waals surface area contributed by atoms with E-state index in [1.807, 2.05) is 24.3 Å². The third-order valence-electron chi connectivity index (χ3n) is 4.22. The molecule has 0 radical (unpaired) electrons. The monoisotopic (exact) mass is 308 g/mol. The van der Waals surface area contributed by atoms with Gasteiger partial charge >= 0.3 is 0 Å². The molecule has 1 heterocycles. The second-order valence-corrected chi connectivity index (χ2v) is 5.68. The highest BCUT2D eigenvalue weighted by Crippen LogP contribution is 2.30. The minimum Gasteiger partial charge on any atom is -0.497 e. The number of nitrogens with one attached hydrogen (secondary N) is 1. The molecule has 0 aromatic heterocycles. The van der Waals surface area contributed by atoms with Gasteiger partial charge in [0.2, 0.25) is 0 Å². The van der Waals surface area contributed by atoms with E-state index in [0.717, 1.165) is 29.8 Å². The van der Waals surface area contributed by atoms with Crippen LogP contribution in [-0.2, 0) is 4.74 Å². The molecule has 2 aromatic carbocycles. The van der Waals surface area contributed by atoms with E-state index in [1.165, 1.54) is 0 Å². The van der Waals surface area contributed by atoms with Gasteiger partial charge in [-0.2, -0.15) is 5.26 Å². The molecule has 0 unspecified atom stereocenters. The highest BCUT2D eigenvalue weighted by atomic mass is 16.5. The zero-order valence-electron chi connectivity index (χ0n) is 13.4. The quantitative estimate of drug-likeness (QED) is 0.945. The summed E-state index contributed by atoms with van der Waals surface area (Å²) < 4.78 is 11.0. The summed E-state index contributed by atoms with van der Waals surface area (Å²) in [5.41, 5.74) is 3.70. The Morgan fingerprint density at radius 3 is 2.65 bits per heavy atom. The van der Waals surface area contributed by atoms with Crippen molar-refractivity contribution in [2.45, 2.75) is 19.1 Å². The number of hydrogen-bond donors (Lipinski definition) is 1. The van der Waals surface area contributed by atoms with Gasteiger partial charge in [0, 0.05) is 12.6 Å². The van der Waals surface area contributed by atoms with Crippen LogP contribution in [0.2, 0.25) is 0 Å². The normalized spacial score (nSPS) is 20.7. The average Bonchev–Trinajstić information content (AvgIpc) is 2.62. The molecule has 2 aromatic rings. The Kier molecular flexibility index (Phi) is 4.61. The van der Waals surface area contributed by atoms with Gasteiger partial charge in [-0.15, -0.1) is 0 Å². The average molecular weight is 308 g/mol. The van der Waals surface area contributed by atoms with Crippen LogP contribution in [0.4, 0.5) is 0 Å². The van der Waals surface area contributed by atoms with E-state index >= 15 is 0 Å². The molecule has 0 aliphatic carbocycles. The lowest BCUT2D eigenvalue weighted by molar-refractivity contribution is -0.000215. The zero-order valence-corrected chi connectivity index (χ0v) is 13.4. The fourth-order valence-electron chi connectivity index (χ4n) is 2.96. The maximum atomic E-state index is 9.36. The maximum absolute atomic E-state index is 9.36. The number of morpholine rings is 1. The number of nitrogens with zero attached hydrogens (tertiary/aromatic N) is 1. The van der Waals surface area contributed by atoms with Crippen molar-refractivity contribution in [3.05, 3.63) is 53.6 Å². The highest BCUT2D eigenvalue weighted by Gasteiger charge is 2.23. The van der Waals surface area contributed by atoms with Gasteiger partial charge < -0.3 is 14.8 Å². The fourth-order valence-corrected chi connectivity index (χ4v) is 2.96. The molecule has 0 bridgehead atoms. The summed E-state index contributed by atoms with van der Waals surface area (Å²) in [5.74, 6) is 0.692. The second-order valence-electron chi connectivity index (χ2n) is 5.68. The number of benzene rings is 2. The topological polar surface area (TPSA) is 54.3 Å². The molecule has 1 fully saturated rings. The van der Waals surface area contributed by atoms with Gasteiger partial charge in [-0.3, -0.25) is 0 Å². The lowest BCUT2D eigenvalue weighted by atomic mass is 9.96. The number of hydrogen-bond acceptors (Lipinski definition) is 4. The van der Waals surface area contributed by atoms with Crippen LogP contribution in [0.15, 0.2) is 42.5 Å². The summed E-state index contributed by atoms with van der Waals surface area (Å²) in [6.45, 7) is 3.76. The molecular formula is C19H20N2O2. The molecule has 0 spiro atoms. The predicted molar refractivity (Wildman–Crippen MR) is 89.3 cm³/mol. The van der Waals surface area contributed by atoms with Crippen LogP contribution < -0.4 is 10.1 Å². The molecule has 4 nitrogen and oxygen atoms in total. The van der Waals surface area contributed by atoms with Crippen molar-refractivity contribution in [2.24, 2.45) is 0 Å². The third kappa shape index (κ3) is 3.21. The van der Waals surface area contributed by atoms with E-state index in [-0.39, 0.29) is 6.10 Å². The van der Waals surface area contributed by atoms with Crippen LogP contribution in [0.3, 0.4) is 0 Å². The molecule has 1 N–H and O–H groups in total. The molecule has 1 saturated heterocycles. The van der Waals surface area contributed by atoms with E-state index < -0.39 is 0 Å². The summed E-state index contributed by atoms with van der Waals surface area (Å²) in [7, 11) is 1.60. The second kappa shape index (κ2) is 6.82. The van der Waals surface area contributed by atoms with Crippen LogP contribution in [0.5, 0.6) is 5.75 Å². The Morgan fingerprint density at radius 1 is 1.22 bits per heavy atom. The minimum atomic E-state index is 0.0732. The molecule has 4 heteroatoms. The van der Waals surface area contributed by atoms with Crippen LogP contribution in [-0.4, -0.2) is 26.3 Å². The molecular weight excluding hydrogens is 288 g/mol. The van der Waals surface area contributed by atoms with Crippen molar-refractivity contribution in [1.29, 1.82) is 5.26 Å². The van der Waals surface area contributed by atoms with Crippen molar-refractivity contribution >= 4 is 0 Å². The van der Waals surface area contributed by atoms with Gasteiger partial charge in [0.15, 0.2) is 0 Å². The molecule has 1 aliphatic rings. The van der Waals surface area contributed by atoms with E-state index in [1.54, 1.807) is 13.2 Å². The lowest BCUT2D eigenvalue weighted by Gasteiger charge is -2.30. The Morgan fingerprint density at radius 2 is 2.00 bits per heavy atom. The first kappa shape index (κ1) is 15.5. The van der Waals surface area contributed by atoms with Crippen LogP contribution in [0.1, 0.15) is 24.2 Å². The van der Waals surface area contributed by atoms with Gasteiger partial charge in [-0.1, -0.05) is 24.3 Å². The Balaban J connectivity index is 1.89. The smallest absolute Gasteiger partial charge is 0.120 e. The largest absolute Gasteiger partial charge is 0.497 e. The Hall–Kier alpha value is -2.35. The van der Waals surface area contributed by atoms with Crippen molar-refractivity contribution in [3.63, 3.8) is 0 Å². The number of rotatable bonds is 3. The van der Waals surface area contributed by atoms with Crippen molar-refractivity contribution in [3.8, 4) is 22.9 Å². The number of ether oxygens (including phenoxy) is 2. The van der Waals surface area contributed by atoms with Gasteiger partial charge in [0.25, 0.3) is 0 Å². The predicted octanol–water partition coefficient (Wildman–Crippen LogP) is 3.28. The summed E-state index contributed by atoms with van der Waals surface area (Å²) >= 11 is 0. The molecule has 3 rings (SSSR count). The summed E-state index contributed by atoms with van der Waals surface area (Å²) in [6.07, 6.45) is 0.0732. The fraction of sp³-hybridized carbons (Fsp3) is 0.316. The summed E-state index contributed by atoms with van der Waals surface area (Å²) in [6, 6.07) is 16.3. The zero-order chi connectivity index (χ0) is 16.2. The lowest BCUT2D eigenvalue weighted by Crippen LogP contribution is -2.41. The van der Waals surface area contributed by atoms with Gasteiger partial charge in [-0.25, -0.2) is 0 Å². The number of nitriles is 1. The molecule has 1 aliphatic heterocycles. The molecule has 118 valence electrons. The first-order chi connectivity index (χ1) is 11.2. The third-order valence-corrected chi connectivity index (χ3v) is 4.22. The van der Waals surface area contributed by atoms with Gasteiger partial charge in [0.1, 0.15) is 5.75 Å². The molecule has 0 saturated carbocycles. The van der Waals surface area contributed by atoms with Crippen LogP contribution in [0, 0.1) is 11.3 Å². The van der Waals surface area contributed by atoms with E-state index in [0.29, 0.717) is 17.4 Å². The van der Waals surface area contributed by atoms with E-state index in [2.05, 4.69) is 30.4 Å². The molecule has 23 heavy (non-hydrogen) atoms. The van der Waals surface area contributed by atoms with Crippen LogP contribution >= 0.6 is 0 Å². The Labute approximate surface area is 136 Å². The van der Waals surface area contributed by atoms with E-state index in [9.17, 15) is 5.26 Å². The van der Waals surface area contributed by atoms with Crippen molar-refractivity contribution < 1.29 is 9.47 Å². The minimum absolute atomic E-state index is 0.0732. The Bertz CT molecular complexity index is 719. The highest BCUT2D eigenvalue weighted by molar-refractivity contribution is 5.71. The standard InChI is InChI=1S/C19H20N2O2/c1-13-19(23-10-9-21-13)15-5-3-14(4-6-15)18-8-7-17(22-2)11-16(18)12-20/h3-8,11,13,19,21H,9-10H2,1-2H3/t13-,19+/m1/s1. The summed E-state index contributed by atoms with van der Waals surface area (Å²) in [4.78, 5) is 0. The summed E-state index contributed by atoms with van der Waals surface area (Å²) in [5, 5.41) is 12.8. The number of methoxy groups -OCH3 is 1. The maximum Gasteiger partial charge on any atom is 0.120 e. The molecule has 0 amide bonds. The van der Waals surface area contributed by atoms with Crippen molar-refractivity contribution in [2.75, 3.05) is 20.3 Å². The van der Waals surface area contributed by atoms with Crippen LogP contribution in [0.25, 0.3) is 11.1 Å². The van der Waals surface area contributed by atoms with Gasteiger partial charge in [0.05, 0.1) is 31.5 Å². The van der Waals surface area contributed by atoms with E-state index in [4.69, 9.17) is 9.47 Å². The van der Waals surface area contributed by atoms with Gasteiger partial charge in [-0.05, 0) is 41.8 Å². The SMILES string of the molecule is COc1ccc(-c2ccc([C@H]3OCCN[C@@H]3C)cc2)c(C#N)c1.